The largest absolute Gasteiger partial charge is 0.296 e. The summed E-state index contributed by atoms with van der Waals surface area (Å²) in [5, 5.41) is 0.987. The number of hydrogen-bond donors (Lipinski definition) is 0. The Balaban J connectivity index is 2.77. The zero-order chi connectivity index (χ0) is 12.3. The lowest BCUT2D eigenvalue weighted by atomic mass is 10.0. The smallest absolute Gasteiger partial charge is 0.0250 e. The van der Waals surface area contributed by atoms with Gasteiger partial charge in [-0.25, -0.2) is 0 Å². The first-order valence-electron chi connectivity index (χ1n) is 5.70. The van der Waals surface area contributed by atoms with E-state index in [1.807, 2.05) is 0 Å². The maximum absolute atomic E-state index is 3.57. The molecule has 0 fully saturated rings. The summed E-state index contributed by atoms with van der Waals surface area (Å²) in [5.41, 5.74) is 4.33. The maximum atomic E-state index is 3.57. The van der Waals surface area contributed by atoms with E-state index in [1.165, 1.54) is 16.7 Å². The Hall–Kier alpha value is -0.340. The highest BCUT2D eigenvalue weighted by Crippen LogP contribution is 2.19. The molecule has 1 rings (SSSR count). The van der Waals surface area contributed by atoms with E-state index in [-0.39, 0.29) is 5.54 Å². The standard InChI is InChI=1S/C14H22BrN/c1-11-6-7-13(8-12(11)2)9-16(5)14(3,4)10-15/h6-8H,9-10H2,1-5H3. The van der Waals surface area contributed by atoms with Crippen molar-refractivity contribution in [3.63, 3.8) is 0 Å². The summed E-state index contributed by atoms with van der Waals surface area (Å²) >= 11 is 3.57. The Kier molecular flexibility index (Phi) is 4.57. The molecule has 0 saturated heterocycles. The first kappa shape index (κ1) is 13.7. The molecule has 16 heavy (non-hydrogen) atoms. The first-order chi connectivity index (χ1) is 7.36. The Morgan fingerprint density at radius 1 is 1.19 bits per heavy atom. The number of halogens is 1. The molecule has 0 radical (unpaired) electrons. The van der Waals surface area contributed by atoms with E-state index in [2.05, 4.69) is 73.8 Å². The number of hydrogen-bond acceptors (Lipinski definition) is 1. The van der Waals surface area contributed by atoms with Gasteiger partial charge in [0.1, 0.15) is 0 Å². The number of rotatable bonds is 4. The second-order valence-electron chi connectivity index (χ2n) is 5.22. The Morgan fingerprint density at radius 2 is 1.81 bits per heavy atom. The molecule has 0 spiro atoms. The van der Waals surface area contributed by atoms with Crippen LogP contribution in [0.1, 0.15) is 30.5 Å². The molecule has 0 bridgehead atoms. The van der Waals surface area contributed by atoms with Crippen molar-refractivity contribution >= 4 is 15.9 Å². The molecular formula is C14H22BrN. The molecule has 0 heterocycles. The van der Waals surface area contributed by atoms with Crippen LogP contribution in [0.2, 0.25) is 0 Å². The van der Waals surface area contributed by atoms with Gasteiger partial charge in [0.15, 0.2) is 0 Å². The summed E-state index contributed by atoms with van der Waals surface area (Å²) in [4.78, 5) is 2.38. The second kappa shape index (κ2) is 5.33. The van der Waals surface area contributed by atoms with E-state index in [1.54, 1.807) is 0 Å². The maximum Gasteiger partial charge on any atom is 0.0250 e. The average Bonchev–Trinajstić information content (AvgIpc) is 2.23. The number of aryl methyl sites for hydroxylation is 2. The molecule has 0 aliphatic heterocycles. The quantitative estimate of drug-likeness (QED) is 0.758. The summed E-state index contributed by atoms with van der Waals surface area (Å²) in [7, 11) is 2.18. The molecule has 2 heteroatoms. The molecule has 0 N–H and O–H groups in total. The molecule has 0 atom stereocenters. The van der Waals surface area contributed by atoms with Crippen LogP contribution in [0.15, 0.2) is 18.2 Å². The van der Waals surface area contributed by atoms with Gasteiger partial charge in [-0.05, 0) is 51.4 Å². The minimum atomic E-state index is 0.193. The van der Waals surface area contributed by atoms with Gasteiger partial charge in [-0.2, -0.15) is 0 Å². The SMILES string of the molecule is Cc1ccc(CN(C)C(C)(C)CBr)cc1C. The molecule has 1 nitrogen and oxygen atoms in total. The highest BCUT2D eigenvalue weighted by Gasteiger charge is 2.21. The van der Waals surface area contributed by atoms with Gasteiger partial charge in [-0.15, -0.1) is 0 Å². The minimum Gasteiger partial charge on any atom is -0.296 e. The predicted octanol–water partition coefficient (Wildman–Crippen LogP) is 3.91. The molecule has 0 aliphatic carbocycles. The molecule has 0 aromatic heterocycles. The van der Waals surface area contributed by atoms with Crippen molar-refractivity contribution in [2.45, 2.75) is 39.8 Å². The third-order valence-electron chi connectivity index (χ3n) is 3.35. The molecule has 0 amide bonds. The van der Waals surface area contributed by atoms with Crippen molar-refractivity contribution in [2.75, 3.05) is 12.4 Å². The van der Waals surface area contributed by atoms with Crippen LogP contribution in [-0.4, -0.2) is 22.8 Å². The van der Waals surface area contributed by atoms with Gasteiger partial charge in [0.25, 0.3) is 0 Å². The topological polar surface area (TPSA) is 3.24 Å². The van der Waals surface area contributed by atoms with E-state index in [9.17, 15) is 0 Å². The van der Waals surface area contributed by atoms with Crippen molar-refractivity contribution in [1.29, 1.82) is 0 Å². The number of benzene rings is 1. The van der Waals surface area contributed by atoms with Crippen LogP contribution in [0.5, 0.6) is 0 Å². The van der Waals surface area contributed by atoms with Crippen LogP contribution < -0.4 is 0 Å². The Labute approximate surface area is 108 Å². The van der Waals surface area contributed by atoms with Crippen LogP contribution in [0.3, 0.4) is 0 Å². The van der Waals surface area contributed by atoms with Crippen molar-refractivity contribution < 1.29 is 0 Å². The van der Waals surface area contributed by atoms with E-state index < -0.39 is 0 Å². The van der Waals surface area contributed by atoms with E-state index in [4.69, 9.17) is 0 Å². The number of alkyl halides is 1. The Morgan fingerprint density at radius 3 is 2.31 bits per heavy atom. The molecule has 0 saturated carbocycles. The van der Waals surface area contributed by atoms with Crippen LogP contribution >= 0.6 is 15.9 Å². The van der Waals surface area contributed by atoms with Gasteiger partial charge in [-0.3, -0.25) is 4.90 Å². The molecule has 1 aromatic carbocycles. The fourth-order valence-corrected chi connectivity index (χ4v) is 1.92. The van der Waals surface area contributed by atoms with Crippen molar-refractivity contribution in [3.05, 3.63) is 34.9 Å². The van der Waals surface area contributed by atoms with Gasteiger partial charge in [0.2, 0.25) is 0 Å². The van der Waals surface area contributed by atoms with Crippen molar-refractivity contribution in [2.24, 2.45) is 0 Å². The van der Waals surface area contributed by atoms with Gasteiger partial charge in [0, 0.05) is 17.4 Å². The fraction of sp³-hybridized carbons (Fsp3) is 0.571. The van der Waals surface area contributed by atoms with Gasteiger partial charge < -0.3 is 0 Å². The lowest BCUT2D eigenvalue weighted by Crippen LogP contribution is -2.41. The molecule has 0 aliphatic rings. The van der Waals surface area contributed by atoms with Crippen LogP contribution in [0.25, 0.3) is 0 Å². The molecular weight excluding hydrogens is 262 g/mol. The van der Waals surface area contributed by atoms with Gasteiger partial charge in [0.05, 0.1) is 0 Å². The molecule has 90 valence electrons. The van der Waals surface area contributed by atoms with E-state index in [0.717, 1.165) is 11.9 Å². The monoisotopic (exact) mass is 283 g/mol. The van der Waals surface area contributed by atoms with Crippen molar-refractivity contribution in [1.82, 2.24) is 4.90 Å². The van der Waals surface area contributed by atoms with Gasteiger partial charge in [-0.1, -0.05) is 34.1 Å². The van der Waals surface area contributed by atoms with E-state index >= 15 is 0 Å². The minimum absolute atomic E-state index is 0.193. The summed E-state index contributed by atoms with van der Waals surface area (Å²) in [6.07, 6.45) is 0. The highest BCUT2D eigenvalue weighted by atomic mass is 79.9. The van der Waals surface area contributed by atoms with Crippen molar-refractivity contribution in [3.8, 4) is 0 Å². The normalized spacial score (nSPS) is 12.2. The average molecular weight is 284 g/mol. The third kappa shape index (κ3) is 3.33. The zero-order valence-electron chi connectivity index (χ0n) is 11.0. The van der Waals surface area contributed by atoms with E-state index in [0.29, 0.717) is 0 Å². The summed E-state index contributed by atoms with van der Waals surface area (Å²) in [6, 6.07) is 6.72. The van der Waals surface area contributed by atoms with Gasteiger partial charge >= 0.3 is 0 Å². The van der Waals surface area contributed by atoms with Crippen LogP contribution in [-0.2, 0) is 6.54 Å². The summed E-state index contributed by atoms with van der Waals surface area (Å²) in [6.45, 7) is 9.84. The van der Waals surface area contributed by atoms with Crippen LogP contribution in [0.4, 0.5) is 0 Å². The predicted molar refractivity (Wildman–Crippen MR) is 75.3 cm³/mol. The lowest BCUT2D eigenvalue weighted by molar-refractivity contribution is 0.173. The molecule has 1 aromatic rings. The molecule has 0 unspecified atom stereocenters. The fourth-order valence-electron chi connectivity index (χ4n) is 1.49. The third-order valence-corrected chi connectivity index (χ3v) is 4.72. The highest BCUT2D eigenvalue weighted by molar-refractivity contribution is 9.09. The number of nitrogens with zero attached hydrogens (tertiary/aromatic N) is 1. The van der Waals surface area contributed by atoms with Crippen LogP contribution in [0, 0.1) is 13.8 Å². The second-order valence-corrected chi connectivity index (χ2v) is 5.78. The lowest BCUT2D eigenvalue weighted by Gasteiger charge is -2.34. The zero-order valence-corrected chi connectivity index (χ0v) is 12.6. The summed E-state index contributed by atoms with van der Waals surface area (Å²) in [5.74, 6) is 0. The Bertz CT molecular complexity index is 358. The summed E-state index contributed by atoms with van der Waals surface area (Å²) < 4.78 is 0. The first-order valence-corrected chi connectivity index (χ1v) is 6.82.